The van der Waals surface area contributed by atoms with Gasteiger partial charge >= 0.3 is 0 Å². The third-order valence-electron chi connectivity index (χ3n) is 7.74. The second kappa shape index (κ2) is 4.68. The Labute approximate surface area is 129 Å². The second-order valence-electron chi connectivity index (χ2n) is 8.70. The SMILES string of the molecule is C=C[C@]1(C)CC[C@@]2(C)C3C(=N)CC[C@@]3(CC[C@H]2C)C[C@@H]1O. The van der Waals surface area contributed by atoms with Crippen molar-refractivity contribution in [3.8, 4) is 0 Å². The van der Waals surface area contributed by atoms with E-state index in [1.807, 2.05) is 6.08 Å². The summed E-state index contributed by atoms with van der Waals surface area (Å²) in [6.45, 7) is 11.0. The topological polar surface area (TPSA) is 44.1 Å². The summed E-state index contributed by atoms with van der Waals surface area (Å²) in [7, 11) is 0. The van der Waals surface area contributed by atoms with E-state index in [0.717, 1.165) is 37.8 Å². The molecule has 2 heteroatoms. The van der Waals surface area contributed by atoms with Gasteiger partial charge in [-0.25, -0.2) is 0 Å². The van der Waals surface area contributed by atoms with Gasteiger partial charge in [-0.3, -0.25) is 0 Å². The highest BCUT2D eigenvalue weighted by atomic mass is 16.3. The van der Waals surface area contributed by atoms with Gasteiger partial charge in [-0.15, -0.1) is 6.58 Å². The van der Waals surface area contributed by atoms with Gasteiger partial charge in [0.15, 0.2) is 0 Å². The van der Waals surface area contributed by atoms with E-state index in [1.54, 1.807) is 0 Å². The van der Waals surface area contributed by atoms with Crippen LogP contribution in [0.15, 0.2) is 12.7 Å². The minimum atomic E-state index is -0.304. The summed E-state index contributed by atoms with van der Waals surface area (Å²) < 4.78 is 0. The van der Waals surface area contributed by atoms with E-state index in [1.165, 1.54) is 12.8 Å². The molecule has 3 aliphatic carbocycles. The fourth-order valence-corrected chi connectivity index (χ4v) is 5.80. The van der Waals surface area contributed by atoms with Crippen molar-refractivity contribution in [2.45, 2.75) is 71.8 Å². The van der Waals surface area contributed by atoms with Crippen molar-refractivity contribution < 1.29 is 5.11 Å². The Morgan fingerprint density at radius 3 is 2.62 bits per heavy atom. The number of nitrogens with one attached hydrogen (secondary N) is 1. The molecule has 0 saturated heterocycles. The molecule has 118 valence electrons. The molecule has 1 unspecified atom stereocenters. The first-order valence-electron chi connectivity index (χ1n) is 8.66. The Hall–Kier alpha value is -0.630. The molecule has 2 bridgehead atoms. The zero-order chi connectivity index (χ0) is 15.5. The average Bonchev–Trinajstić information content (AvgIpc) is 2.78. The highest BCUT2D eigenvalue weighted by molar-refractivity contribution is 5.88. The molecule has 2 N–H and O–H groups in total. The zero-order valence-electron chi connectivity index (χ0n) is 13.9. The summed E-state index contributed by atoms with van der Waals surface area (Å²) in [5.41, 5.74) is 1.22. The van der Waals surface area contributed by atoms with E-state index in [9.17, 15) is 5.11 Å². The summed E-state index contributed by atoms with van der Waals surface area (Å²) in [6.07, 6.45) is 9.18. The minimum Gasteiger partial charge on any atom is -0.392 e. The Balaban J connectivity index is 2.08. The van der Waals surface area contributed by atoms with Crippen molar-refractivity contribution in [1.82, 2.24) is 0 Å². The van der Waals surface area contributed by atoms with Crippen LogP contribution in [0.3, 0.4) is 0 Å². The van der Waals surface area contributed by atoms with Crippen molar-refractivity contribution >= 4 is 5.71 Å². The second-order valence-corrected chi connectivity index (χ2v) is 8.70. The highest BCUT2D eigenvalue weighted by Gasteiger charge is 2.60. The third-order valence-corrected chi connectivity index (χ3v) is 7.74. The molecule has 3 fully saturated rings. The molecule has 3 rings (SSSR count). The maximum Gasteiger partial charge on any atom is 0.0633 e. The van der Waals surface area contributed by atoms with E-state index < -0.39 is 0 Å². The lowest BCUT2D eigenvalue weighted by molar-refractivity contribution is -0.0919. The van der Waals surface area contributed by atoms with Crippen molar-refractivity contribution in [3.63, 3.8) is 0 Å². The summed E-state index contributed by atoms with van der Waals surface area (Å²) in [4.78, 5) is 0. The Kier molecular flexibility index (Phi) is 3.40. The number of aliphatic hydroxyl groups excluding tert-OH is 1. The summed E-state index contributed by atoms with van der Waals surface area (Å²) in [5.74, 6) is 1.08. The molecule has 2 nitrogen and oxygen atoms in total. The average molecular weight is 289 g/mol. The van der Waals surface area contributed by atoms with E-state index in [-0.39, 0.29) is 22.3 Å². The standard InChI is InChI=1S/C19H31NO/c1-5-17(3)10-11-18(4)13(2)6-8-19(12-15(17)21)9-7-14(20)16(18)19/h5,13,15-16,20-21H,1,6-12H2,2-4H3/t13-,15+,16?,17-,18-,19+/m1/s1. The van der Waals surface area contributed by atoms with Crippen LogP contribution in [-0.4, -0.2) is 16.9 Å². The molecule has 0 aromatic heterocycles. The molecule has 6 atom stereocenters. The normalized spacial score (nSPS) is 53.7. The maximum absolute atomic E-state index is 10.9. The predicted octanol–water partition coefficient (Wildman–Crippen LogP) is 4.58. The number of aliphatic hydroxyl groups is 1. The van der Waals surface area contributed by atoms with Gasteiger partial charge in [0.05, 0.1) is 6.10 Å². The summed E-state index contributed by atoms with van der Waals surface area (Å²) in [6, 6.07) is 0. The van der Waals surface area contributed by atoms with Gasteiger partial charge < -0.3 is 10.5 Å². The maximum atomic E-state index is 10.9. The van der Waals surface area contributed by atoms with E-state index in [2.05, 4.69) is 27.4 Å². The zero-order valence-corrected chi connectivity index (χ0v) is 13.9. The summed E-state index contributed by atoms with van der Waals surface area (Å²) >= 11 is 0. The first-order chi connectivity index (χ1) is 9.77. The fraction of sp³-hybridized carbons (Fsp3) is 0.842. The first-order valence-corrected chi connectivity index (χ1v) is 8.66. The monoisotopic (exact) mass is 289 g/mol. The van der Waals surface area contributed by atoms with Gasteiger partial charge in [0.25, 0.3) is 0 Å². The first kappa shape index (κ1) is 15.3. The lowest BCUT2D eigenvalue weighted by atomic mass is 9.47. The van der Waals surface area contributed by atoms with Crippen LogP contribution in [0.1, 0.15) is 65.7 Å². The molecule has 0 aromatic carbocycles. The molecular formula is C19H31NO. The smallest absolute Gasteiger partial charge is 0.0633 e. The van der Waals surface area contributed by atoms with Crippen LogP contribution in [-0.2, 0) is 0 Å². The van der Waals surface area contributed by atoms with Gasteiger partial charge in [-0.2, -0.15) is 0 Å². The lowest BCUT2D eigenvalue weighted by Crippen LogP contribution is -2.53. The van der Waals surface area contributed by atoms with Crippen molar-refractivity contribution in [3.05, 3.63) is 12.7 Å². The molecular weight excluding hydrogens is 258 g/mol. The van der Waals surface area contributed by atoms with Crippen LogP contribution in [0.2, 0.25) is 0 Å². The van der Waals surface area contributed by atoms with E-state index >= 15 is 0 Å². The minimum absolute atomic E-state index is 0.166. The van der Waals surface area contributed by atoms with E-state index in [0.29, 0.717) is 11.8 Å². The van der Waals surface area contributed by atoms with Crippen molar-refractivity contribution in [1.29, 1.82) is 5.41 Å². The van der Waals surface area contributed by atoms with Gasteiger partial charge in [0.2, 0.25) is 0 Å². The lowest BCUT2D eigenvalue weighted by Gasteiger charge is -2.58. The molecule has 0 aliphatic heterocycles. The molecule has 21 heavy (non-hydrogen) atoms. The van der Waals surface area contributed by atoms with E-state index in [4.69, 9.17) is 5.41 Å². The van der Waals surface area contributed by atoms with Gasteiger partial charge in [0.1, 0.15) is 0 Å². The molecule has 0 amide bonds. The van der Waals surface area contributed by atoms with Gasteiger partial charge in [0, 0.05) is 17.0 Å². The number of hydrogen-bond acceptors (Lipinski definition) is 2. The molecule has 0 radical (unpaired) electrons. The van der Waals surface area contributed by atoms with Gasteiger partial charge in [-0.1, -0.05) is 26.8 Å². The molecule has 3 aliphatic rings. The third kappa shape index (κ3) is 1.98. The van der Waals surface area contributed by atoms with Crippen LogP contribution < -0.4 is 0 Å². The van der Waals surface area contributed by atoms with Crippen molar-refractivity contribution in [2.75, 3.05) is 0 Å². The van der Waals surface area contributed by atoms with Crippen molar-refractivity contribution in [2.24, 2.45) is 28.1 Å². The van der Waals surface area contributed by atoms with Crippen LogP contribution in [0.25, 0.3) is 0 Å². The molecule has 0 heterocycles. The highest BCUT2D eigenvalue weighted by Crippen LogP contribution is 2.65. The summed E-state index contributed by atoms with van der Waals surface area (Å²) in [5, 5.41) is 19.4. The van der Waals surface area contributed by atoms with Crippen LogP contribution in [0.4, 0.5) is 0 Å². The molecule has 0 spiro atoms. The molecule has 3 saturated carbocycles. The Morgan fingerprint density at radius 1 is 1.24 bits per heavy atom. The fourth-order valence-electron chi connectivity index (χ4n) is 5.80. The Morgan fingerprint density at radius 2 is 1.95 bits per heavy atom. The number of rotatable bonds is 1. The largest absolute Gasteiger partial charge is 0.392 e. The quantitative estimate of drug-likeness (QED) is 0.682. The van der Waals surface area contributed by atoms with Crippen LogP contribution in [0.5, 0.6) is 0 Å². The molecule has 0 aromatic rings. The van der Waals surface area contributed by atoms with Gasteiger partial charge in [-0.05, 0) is 61.7 Å². The van der Waals surface area contributed by atoms with Crippen LogP contribution >= 0.6 is 0 Å². The predicted molar refractivity (Wildman–Crippen MR) is 87.6 cm³/mol. The Bertz CT molecular complexity index is 472. The number of hydrogen-bond donors (Lipinski definition) is 2. The van der Waals surface area contributed by atoms with Crippen LogP contribution in [0, 0.1) is 33.5 Å².